The van der Waals surface area contributed by atoms with Gasteiger partial charge in [0.25, 0.3) is 0 Å². The van der Waals surface area contributed by atoms with Gasteiger partial charge in [0, 0.05) is 6.08 Å². The van der Waals surface area contributed by atoms with E-state index < -0.39 is 23.5 Å². The van der Waals surface area contributed by atoms with E-state index in [0.717, 1.165) is 18.2 Å². The zero-order valence-electron chi connectivity index (χ0n) is 17.5. The summed E-state index contributed by atoms with van der Waals surface area (Å²) in [6.45, 7) is 1.71. The number of rotatable bonds is 6. The lowest BCUT2D eigenvalue weighted by atomic mass is 9.86. The third-order valence-electron chi connectivity index (χ3n) is 5.04. The summed E-state index contributed by atoms with van der Waals surface area (Å²) in [5.41, 5.74) is 1.38. The molecule has 0 aliphatic rings. The zero-order chi connectivity index (χ0) is 24.2. The first-order valence-electron chi connectivity index (χ1n) is 10.0. The van der Waals surface area contributed by atoms with E-state index in [4.69, 9.17) is 5.11 Å². The molecule has 33 heavy (non-hydrogen) atoms. The zero-order valence-corrected chi connectivity index (χ0v) is 17.5. The molecule has 0 spiro atoms. The van der Waals surface area contributed by atoms with Gasteiger partial charge in [-0.15, -0.1) is 0 Å². The molecular weight excluding hydrogens is 436 g/mol. The van der Waals surface area contributed by atoms with Crippen molar-refractivity contribution in [2.24, 2.45) is 0 Å². The smallest absolute Gasteiger partial charge is 0.417 e. The quantitative estimate of drug-likeness (QED) is 0.238. The Morgan fingerprint density at radius 3 is 2.03 bits per heavy atom. The summed E-state index contributed by atoms with van der Waals surface area (Å²) in [5.74, 6) is -2.08. The van der Waals surface area contributed by atoms with E-state index in [1.807, 2.05) is 0 Å². The van der Waals surface area contributed by atoms with E-state index in [2.05, 4.69) is 0 Å². The Hall–Kier alpha value is -3.87. The van der Waals surface area contributed by atoms with Crippen LogP contribution in [0.1, 0.15) is 41.2 Å². The van der Waals surface area contributed by atoms with Gasteiger partial charge in [-0.05, 0) is 70.2 Å². The third-order valence-corrected chi connectivity index (χ3v) is 5.04. The van der Waals surface area contributed by atoms with Crippen molar-refractivity contribution in [3.05, 3.63) is 106 Å². The van der Waals surface area contributed by atoms with Gasteiger partial charge in [0.2, 0.25) is 0 Å². The molecule has 3 nitrogen and oxygen atoms in total. The second-order valence-corrected chi connectivity index (χ2v) is 7.24. The van der Waals surface area contributed by atoms with Crippen LogP contribution < -0.4 is 0 Å². The van der Waals surface area contributed by atoms with Gasteiger partial charge in [0.1, 0.15) is 11.6 Å². The summed E-state index contributed by atoms with van der Waals surface area (Å²) in [7, 11) is 0. The third kappa shape index (κ3) is 5.68. The van der Waals surface area contributed by atoms with E-state index in [-0.39, 0.29) is 17.7 Å². The van der Waals surface area contributed by atoms with Crippen LogP contribution in [-0.2, 0) is 11.0 Å². The molecule has 0 aromatic heterocycles. The fourth-order valence-corrected chi connectivity index (χ4v) is 3.59. The first-order chi connectivity index (χ1) is 15.6. The molecular formula is C26H20F4O3. The summed E-state index contributed by atoms with van der Waals surface area (Å²) in [4.78, 5) is 10.7. The number of carboxylic acids is 1. The minimum atomic E-state index is -4.76. The maximum Gasteiger partial charge on any atom is 0.417 e. The molecule has 0 bridgehead atoms. The normalized spacial score (nSPS) is 12.6. The molecule has 7 heteroatoms. The monoisotopic (exact) mass is 456 g/mol. The van der Waals surface area contributed by atoms with Crippen LogP contribution in [-0.4, -0.2) is 16.2 Å². The molecule has 3 rings (SSSR count). The molecule has 3 aromatic carbocycles. The predicted octanol–water partition coefficient (Wildman–Crippen LogP) is 7.02. The van der Waals surface area contributed by atoms with Crippen LogP contribution in [0.25, 0.3) is 17.2 Å². The van der Waals surface area contributed by atoms with E-state index in [1.54, 1.807) is 43.3 Å². The Labute approximate surface area is 187 Å². The SMILES string of the molecule is CC/C(=C(\c1ccc(O)cc1)c1ccc(/C=C/C(=O)O)cc1)c1ccc(F)cc1C(F)(F)F. The highest BCUT2D eigenvalue weighted by atomic mass is 19.4. The second-order valence-electron chi connectivity index (χ2n) is 7.24. The van der Waals surface area contributed by atoms with Gasteiger partial charge in [-0.2, -0.15) is 13.2 Å². The Morgan fingerprint density at radius 1 is 0.939 bits per heavy atom. The second kappa shape index (κ2) is 9.73. The van der Waals surface area contributed by atoms with Crippen LogP contribution in [0.15, 0.2) is 72.8 Å². The molecule has 170 valence electrons. The molecule has 0 atom stereocenters. The van der Waals surface area contributed by atoms with Crippen LogP contribution in [0.4, 0.5) is 17.6 Å². The molecule has 0 aliphatic carbocycles. The molecule has 3 aromatic rings. The van der Waals surface area contributed by atoms with Gasteiger partial charge < -0.3 is 10.2 Å². The number of carbonyl (C=O) groups is 1. The molecule has 0 amide bonds. The van der Waals surface area contributed by atoms with E-state index >= 15 is 0 Å². The predicted molar refractivity (Wildman–Crippen MR) is 119 cm³/mol. The van der Waals surface area contributed by atoms with Gasteiger partial charge in [0.05, 0.1) is 5.56 Å². The van der Waals surface area contributed by atoms with E-state index in [9.17, 15) is 27.5 Å². The van der Waals surface area contributed by atoms with Crippen molar-refractivity contribution in [1.82, 2.24) is 0 Å². The molecule has 0 fully saturated rings. The van der Waals surface area contributed by atoms with Crippen molar-refractivity contribution < 1.29 is 32.6 Å². The highest BCUT2D eigenvalue weighted by molar-refractivity contribution is 5.99. The summed E-state index contributed by atoms with van der Waals surface area (Å²) in [6, 6.07) is 15.3. The molecule has 0 heterocycles. The van der Waals surface area contributed by atoms with Crippen LogP contribution in [0.3, 0.4) is 0 Å². The summed E-state index contributed by atoms with van der Waals surface area (Å²) >= 11 is 0. The number of alkyl halides is 3. The first kappa shape index (κ1) is 23.8. The minimum absolute atomic E-state index is 0.00284. The Bertz CT molecular complexity index is 1210. The minimum Gasteiger partial charge on any atom is -0.508 e. The van der Waals surface area contributed by atoms with Gasteiger partial charge >= 0.3 is 12.1 Å². The number of aliphatic carboxylic acids is 1. The fraction of sp³-hybridized carbons (Fsp3) is 0.115. The number of phenols is 1. The molecule has 2 N–H and O–H groups in total. The number of carboxylic acid groups (broad SMARTS) is 1. The summed E-state index contributed by atoms with van der Waals surface area (Å²) in [6.07, 6.45) is -2.16. The van der Waals surface area contributed by atoms with Gasteiger partial charge in [-0.25, -0.2) is 9.18 Å². The van der Waals surface area contributed by atoms with Crippen molar-refractivity contribution in [2.45, 2.75) is 19.5 Å². The van der Waals surface area contributed by atoms with E-state index in [0.29, 0.717) is 33.9 Å². The molecule has 0 aliphatic heterocycles. The van der Waals surface area contributed by atoms with E-state index in [1.165, 1.54) is 18.2 Å². The number of hydrogen-bond acceptors (Lipinski definition) is 2. The molecule has 0 saturated carbocycles. The molecule has 0 unspecified atom stereocenters. The van der Waals surface area contributed by atoms with Crippen LogP contribution >= 0.6 is 0 Å². The Balaban J connectivity index is 2.29. The Morgan fingerprint density at radius 2 is 1.52 bits per heavy atom. The lowest BCUT2D eigenvalue weighted by Gasteiger charge is -2.20. The van der Waals surface area contributed by atoms with Crippen LogP contribution in [0.5, 0.6) is 5.75 Å². The number of aromatic hydroxyl groups is 1. The first-order valence-corrected chi connectivity index (χ1v) is 10.0. The number of hydrogen-bond donors (Lipinski definition) is 2. The topological polar surface area (TPSA) is 57.5 Å². The van der Waals surface area contributed by atoms with Crippen LogP contribution in [0, 0.1) is 5.82 Å². The standard InChI is InChI=1S/C26H20F4O3/c1-2-21(22-13-10-19(27)15-23(22)26(28,29)30)25(18-8-11-20(31)12-9-18)17-6-3-16(4-7-17)5-14-24(32)33/h3-15,31H,2H2,1H3,(H,32,33)/b14-5+,25-21+. The van der Waals surface area contributed by atoms with Crippen molar-refractivity contribution in [3.63, 3.8) is 0 Å². The summed E-state index contributed by atoms with van der Waals surface area (Å²) in [5, 5.41) is 18.5. The highest BCUT2D eigenvalue weighted by Gasteiger charge is 2.35. The lowest BCUT2D eigenvalue weighted by Crippen LogP contribution is -2.10. The van der Waals surface area contributed by atoms with Gasteiger partial charge in [0.15, 0.2) is 0 Å². The van der Waals surface area contributed by atoms with Gasteiger partial charge in [-0.3, -0.25) is 0 Å². The maximum absolute atomic E-state index is 13.8. The van der Waals surface area contributed by atoms with Crippen molar-refractivity contribution in [1.29, 1.82) is 0 Å². The number of allylic oxidation sites excluding steroid dienone is 1. The largest absolute Gasteiger partial charge is 0.508 e. The molecule has 0 saturated heterocycles. The summed E-state index contributed by atoms with van der Waals surface area (Å²) < 4.78 is 55.0. The average molecular weight is 456 g/mol. The fourth-order valence-electron chi connectivity index (χ4n) is 3.59. The van der Waals surface area contributed by atoms with Crippen molar-refractivity contribution in [2.75, 3.05) is 0 Å². The highest BCUT2D eigenvalue weighted by Crippen LogP contribution is 2.41. The van der Waals surface area contributed by atoms with Crippen LogP contribution in [0.2, 0.25) is 0 Å². The van der Waals surface area contributed by atoms with Crippen molar-refractivity contribution in [3.8, 4) is 5.75 Å². The number of benzene rings is 3. The molecule has 0 radical (unpaired) electrons. The lowest BCUT2D eigenvalue weighted by molar-refractivity contribution is -0.138. The maximum atomic E-state index is 13.8. The van der Waals surface area contributed by atoms with Crippen molar-refractivity contribution >= 4 is 23.2 Å². The average Bonchev–Trinajstić information content (AvgIpc) is 2.77. The van der Waals surface area contributed by atoms with Gasteiger partial charge in [-0.1, -0.05) is 49.4 Å². The Kier molecular flexibility index (Phi) is 7.01. The number of halogens is 4. The number of phenolic OH excluding ortho intramolecular Hbond substituents is 1.